The van der Waals surface area contributed by atoms with E-state index in [4.69, 9.17) is 9.47 Å². The van der Waals surface area contributed by atoms with Crippen LogP contribution in [0.2, 0.25) is 0 Å². The van der Waals surface area contributed by atoms with Crippen molar-refractivity contribution in [3.05, 3.63) is 59.7 Å². The van der Waals surface area contributed by atoms with Crippen LogP contribution in [0.3, 0.4) is 0 Å². The normalized spacial score (nSPS) is 12.6. The standard InChI is InChI=1S/C21H27N3O2.HI/c1-22-21(24(2)13-15-25-19-6-4-3-5-7-19)23-12-10-17-8-9-20-18(16-17)11-14-26-20;/h3-9,16H,10-15H2,1-2H3,(H,22,23);1H. The Morgan fingerprint density at radius 1 is 1.22 bits per heavy atom. The lowest BCUT2D eigenvalue weighted by atomic mass is 10.1. The Hall–Kier alpha value is -1.96. The summed E-state index contributed by atoms with van der Waals surface area (Å²) in [6, 6.07) is 16.4. The Morgan fingerprint density at radius 2 is 2.04 bits per heavy atom. The Morgan fingerprint density at radius 3 is 2.81 bits per heavy atom. The van der Waals surface area contributed by atoms with Crippen LogP contribution in [0.1, 0.15) is 11.1 Å². The minimum absolute atomic E-state index is 0. The average molecular weight is 481 g/mol. The highest BCUT2D eigenvalue weighted by atomic mass is 127. The molecule has 0 saturated heterocycles. The molecule has 0 unspecified atom stereocenters. The predicted molar refractivity (Wildman–Crippen MR) is 121 cm³/mol. The Balaban J connectivity index is 0.00000261. The van der Waals surface area contributed by atoms with E-state index >= 15 is 0 Å². The van der Waals surface area contributed by atoms with Gasteiger partial charge in [-0.15, -0.1) is 24.0 Å². The monoisotopic (exact) mass is 481 g/mol. The molecule has 3 rings (SSSR count). The van der Waals surface area contributed by atoms with Gasteiger partial charge in [0.2, 0.25) is 0 Å². The van der Waals surface area contributed by atoms with Crippen LogP contribution in [0.25, 0.3) is 0 Å². The molecule has 0 aromatic heterocycles. The molecule has 1 N–H and O–H groups in total. The van der Waals surface area contributed by atoms with Crippen molar-refractivity contribution in [1.29, 1.82) is 0 Å². The quantitative estimate of drug-likeness (QED) is 0.375. The van der Waals surface area contributed by atoms with Crippen LogP contribution in [0.15, 0.2) is 53.5 Å². The van der Waals surface area contributed by atoms with Crippen LogP contribution in [0.4, 0.5) is 0 Å². The van der Waals surface area contributed by atoms with Gasteiger partial charge < -0.3 is 19.7 Å². The molecule has 1 heterocycles. The zero-order chi connectivity index (χ0) is 18.2. The molecule has 146 valence electrons. The van der Waals surface area contributed by atoms with Crippen molar-refractivity contribution in [3.63, 3.8) is 0 Å². The van der Waals surface area contributed by atoms with E-state index < -0.39 is 0 Å². The molecule has 2 aromatic rings. The molecule has 1 aliphatic rings. The number of ether oxygens (including phenoxy) is 2. The number of hydrogen-bond acceptors (Lipinski definition) is 3. The third-order valence-corrected chi connectivity index (χ3v) is 4.46. The molecule has 0 fully saturated rings. The fraction of sp³-hybridized carbons (Fsp3) is 0.381. The van der Waals surface area contributed by atoms with E-state index in [9.17, 15) is 0 Å². The second-order valence-electron chi connectivity index (χ2n) is 6.35. The molecular weight excluding hydrogens is 453 g/mol. The highest BCUT2D eigenvalue weighted by molar-refractivity contribution is 14.0. The number of rotatable bonds is 7. The van der Waals surface area contributed by atoms with E-state index in [1.807, 2.05) is 44.4 Å². The maximum Gasteiger partial charge on any atom is 0.193 e. The molecule has 0 atom stereocenters. The van der Waals surface area contributed by atoms with Crippen LogP contribution >= 0.6 is 24.0 Å². The number of fused-ring (bicyclic) bond motifs is 1. The lowest BCUT2D eigenvalue weighted by molar-refractivity contribution is 0.281. The first-order valence-corrected chi connectivity index (χ1v) is 9.10. The number of nitrogens with one attached hydrogen (secondary N) is 1. The summed E-state index contributed by atoms with van der Waals surface area (Å²) in [6.45, 7) is 3.03. The summed E-state index contributed by atoms with van der Waals surface area (Å²) in [6.07, 6.45) is 1.98. The number of para-hydroxylation sites is 1. The fourth-order valence-corrected chi connectivity index (χ4v) is 3.02. The lowest BCUT2D eigenvalue weighted by Gasteiger charge is -2.22. The molecule has 0 bridgehead atoms. The minimum atomic E-state index is 0. The topological polar surface area (TPSA) is 46.1 Å². The smallest absolute Gasteiger partial charge is 0.193 e. The number of nitrogens with zero attached hydrogens (tertiary/aromatic N) is 2. The predicted octanol–water partition coefficient (Wildman–Crippen LogP) is 3.37. The van der Waals surface area contributed by atoms with Gasteiger partial charge in [0.15, 0.2) is 5.96 Å². The molecule has 6 heteroatoms. The van der Waals surface area contributed by atoms with Crippen molar-refractivity contribution >= 4 is 29.9 Å². The summed E-state index contributed by atoms with van der Waals surface area (Å²) in [5.41, 5.74) is 2.65. The lowest BCUT2D eigenvalue weighted by Crippen LogP contribution is -2.41. The molecule has 0 saturated carbocycles. The molecule has 0 aliphatic carbocycles. The third kappa shape index (κ3) is 6.30. The van der Waals surface area contributed by atoms with Crippen molar-refractivity contribution in [2.75, 3.05) is 40.4 Å². The molecule has 2 aromatic carbocycles. The summed E-state index contributed by atoms with van der Waals surface area (Å²) < 4.78 is 11.3. The van der Waals surface area contributed by atoms with Gasteiger partial charge in [-0.05, 0) is 35.7 Å². The maximum absolute atomic E-state index is 5.75. The average Bonchev–Trinajstić information content (AvgIpc) is 3.14. The Bertz CT molecular complexity index is 737. The molecule has 0 amide bonds. The largest absolute Gasteiger partial charge is 0.493 e. The summed E-state index contributed by atoms with van der Waals surface area (Å²) in [5.74, 6) is 2.81. The van der Waals surface area contributed by atoms with Gasteiger partial charge in [-0.3, -0.25) is 4.99 Å². The van der Waals surface area contributed by atoms with Gasteiger partial charge in [0, 0.05) is 27.1 Å². The van der Waals surface area contributed by atoms with E-state index in [0.29, 0.717) is 6.61 Å². The van der Waals surface area contributed by atoms with Gasteiger partial charge in [0.1, 0.15) is 18.1 Å². The minimum Gasteiger partial charge on any atom is -0.493 e. The fourth-order valence-electron chi connectivity index (χ4n) is 3.02. The van der Waals surface area contributed by atoms with Crippen LogP contribution < -0.4 is 14.8 Å². The summed E-state index contributed by atoms with van der Waals surface area (Å²) in [4.78, 5) is 6.44. The number of guanidine groups is 1. The van der Waals surface area contributed by atoms with Gasteiger partial charge in [-0.1, -0.05) is 30.3 Å². The van der Waals surface area contributed by atoms with Gasteiger partial charge in [0.05, 0.1) is 13.2 Å². The molecule has 0 spiro atoms. The number of halogens is 1. The van der Waals surface area contributed by atoms with Crippen LogP contribution in [-0.2, 0) is 12.8 Å². The van der Waals surface area contributed by atoms with Gasteiger partial charge in [-0.2, -0.15) is 0 Å². The zero-order valence-electron chi connectivity index (χ0n) is 16.0. The molecule has 0 radical (unpaired) electrons. The highest BCUT2D eigenvalue weighted by Crippen LogP contribution is 2.25. The van der Waals surface area contributed by atoms with Gasteiger partial charge >= 0.3 is 0 Å². The zero-order valence-corrected chi connectivity index (χ0v) is 18.3. The Labute approximate surface area is 178 Å². The van der Waals surface area contributed by atoms with Crippen LogP contribution in [0, 0.1) is 0 Å². The van der Waals surface area contributed by atoms with E-state index in [0.717, 1.165) is 50.0 Å². The van der Waals surface area contributed by atoms with E-state index in [-0.39, 0.29) is 24.0 Å². The summed E-state index contributed by atoms with van der Waals surface area (Å²) in [5, 5.41) is 3.42. The maximum atomic E-state index is 5.75. The van der Waals surface area contributed by atoms with Crippen LogP contribution in [-0.4, -0.2) is 51.3 Å². The first kappa shape index (κ1) is 21.3. The van der Waals surface area contributed by atoms with Crippen molar-refractivity contribution < 1.29 is 9.47 Å². The van der Waals surface area contributed by atoms with E-state index in [1.54, 1.807) is 0 Å². The van der Waals surface area contributed by atoms with E-state index in [2.05, 4.69) is 33.4 Å². The number of likely N-dealkylation sites (N-methyl/N-ethyl adjacent to an activating group) is 1. The van der Waals surface area contributed by atoms with Crippen molar-refractivity contribution in [1.82, 2.24) is 10.2 Å². The van der Waals surface area contributed by atoms with Crippen molar-refractivity contribution in [2.45, 2.75) is 12.8 Å². The molecular formula is C21H28IN3O2. The first-order valence-electron chi connectivity index (χ1n) is 9.10. The van der Waals surface area contributed by atoms with Crippen molar-refractivity contribution in [3.8, 4) is 11.5 Å². The SMILES string of the molecule is CN=C(NCCc1ccc2c(c1)CCO2)N(C)CCOc1ccccc1.I. The second-order valence-corrected chi connectivity index (χ2v) is 6.35. The van der Waals surface area contributed by atoms with Crippen molar-refractivity contribution in [2.24, 2.45) is 4.99 Å². The Kier molecular flexibility index (Phi) is 8.71. The molecule has 27 heavy (non-hydrogen) atoms. The number of benzene rings is 2. The third-order valence-electron chi connectivity index (χ3n) is 4.46. The second kappa shape index (κ2) is 11.0. The number of aliphatic imine (C=N–C) groups is 1. The summed E-state index contributed by atoms with van der Waals surface area (Å²) >= 11 is 0. The van der Waals surface area contributed by atoms with Crippen LogP contribution in [0.5, 0.6) is 11.5 Å². The highest BCUT2D eigenvalue weighted by Gasteiger charge is 2.12. The van der Waals surface area contributed by atoms with Gasteiger partial charge in [0.25, 0.3) is 0 Å². The molecule has 1 aliphatic heterocycles. The first-order chi connectivity index (χ1) is 12.8. The number of hydrogen-bond donors (Lipinski definition) is 1. The molecule has 5 nitrogen and oxygen atoms in total. The van der Waals surface area contributed by atoms with Gasteiger partial charge in [-0.25, -0.2) is 0 Å². The summed E-state index contributed by atoms with van der Waals surface area (Å²) in [7, 11) is 3.83. The van der Waals surface area contributed by atoms with E-state index in [1.165, 1.54) is 11.1 Å².